The van der Waals surface area contributed by atoms with Crippen LogP contribution in [0.5, 0.6) is 0 Å². The molecule has 140 valence electrons. The summed E-state index contributed by atoms with van der Waals surface area (Å²) in [6.07, 6.45) is -0.833. The molecule has 0 aliphatic carbocycles. The van der Waals surface area contributed by atoms with Crippen molar-refractivity contribution in [1.29, 1.82) is 0 Å². The molecular weight excluding hydrogens is 326 g/mol. The Hall–Kier alpha value is -0.923. The van der Waals surface area contributed by atoms with E-state index < -0.39 is 26.1 Å². The molecule has 6 nitrogen and oxygen atoms in total. The number of rotatable bonds is 4. The lowest BCUT2D eigenvalue weighted by Gasteiger charge is -2.38. The van der Waals surface area contributed by atoms with Crippen LogP contribution in [-0.4, -0.2) is 51.2 Å². The van der Waals surface area contributed by atoms with Gasteiger partial charge in [-0.2, -0.15) is 0 Å². The number of hydrogen-bond donors (Lipinski definition) is 1. The van der Waals surface area contributed by atoms with E-state index in [1.165, 1.54) is 0 Å². The van der Waals surface area contributed by atoms with Gasteiger partial charge in [-0.05, 0) is 38.9 Å². The van der Waals surface area contributed by atoms with Gasteiger partial charge in [0, 0.05) is 6.42 Å². The zero-order chi connectivity index (χ0) is 18.8. The van der Waals surface area contributed by atoms with Crippen LogP contribution in [0.1, 0.15) is 48.0 Å². The van der Waals surface area contributed by atoms with Crippen LogP contribution in [0, 0.1) is 0 Å². The third-order valence-corrected chi connectivity index (χ3v) is 8.93. The van der Waals surface area contributed by atoms with Crippen LogP contribution in [0.3, 0.4) is 0 Å². The maximum absolute atomic E-state index is 12.3. The normalized spacial score (nSPS) is 23.1. The van der Waals surface area contributed by atoms with Crippen LogP contribution in [0.15, 0.2) is 0 Å². The highest BCUT2D eigenvalue weighted by atomic mass is 28.4. The fourth-order valence-corrected chi connectivity index (χ4v) is 2.97. The number of Topliss-reactive ketones (excluding diaryl/α,β-unsaturated/α-hetero) is 1. The Bertz CT molecular complexity index is 465. The van der Waals surface area contributed by atoms with Crippen molar-refractivity contribution in [2.75, 3.05) is 13.2 Å². The van der Waals surface area contributed by atoms with Crippen molar-refractivity contribution >= 4 is 20.2 Å². The maximum atomic E-state index is 12.3. The van der Waals surface area contributed by atoms with Crippen molar-refractivity contribution in [3.05, 3.63) is 0 Å². The summed E-state index contributed by atoms with van der Waals surface area (Å²) < 4.78 is 16.9. The molecule has 24 heavy (non-hydrogen) atoms. The zero-order valence-corrected chi connectivity index (χ0v) is 17.3. The number of alkyl carbamates (subject to hydrolysis) is 1. The van der Waals surface area contributed by atoms with Crippen molar-refractivity contribution in [3.8, 4) is 0 Å². The molecule has 0 bridgehead atoms. The van der Waals surface area contributed by atoms with Crippen molar-refractivity contribution in [2.24, 2.45) is 0 Å². The first-order chi connectivity index (χ1) is 10.7. The highest BCUT2D eigenvalue weighted by Gasteiger charge is 2.39. The first kappa shape index (κ1) is 21.1. The Morgan fingerprint density at radius 3 is 2.29 bits per heavy atom. The molecule has 2 atom stereocenters. The minimum Gasteiger partial charge on any atom is -0.444 e. The Kier molecular flexibility index (Phi) is 6.63. The van der Waals surface area contributed by atoms with Crippen LogP contribution in [0.2, 0.25) is 18.1 Å². The molecule has 1 N–H and O–H groups in total. The molecule has 0 aromatic heterocycles. The molecule has 0 saturated carbocycles. The first-order valence-electron chi connectivity index (χ1n) is 8.49. The van der Waals surface area contributed by atoms with Crippen LogP contribution in [-0.2, 0) is 18.7 Å². The number of ether oxygens (including phenoxy) is 2. The van der Waals surface area contributed by atoms with Gasteiger partial charge in [0.05, 0.1) is 19.3 Å². The molecule has 1 heterocycles. The van der Waals surface area contributed by atoms with Crippen molar-refractivity contribution < 1.29 is 23.5 Å². The van der Waals surface area contributed by atoms with Crippen LogP contribution < -0.4 is 5.32 Å². The second-order valence-electron chi connectivity index (χ2n) is 8.91. The summed E-state index contributed by atoms with van der Waals surface area (Å²) in [6.45, 7) is 16.7. The largest absolute Gasteiger partial charge is 0.444 e. The SMILES string of the molecule is CC(C)(C)OC(=O)N[C@H]1CO[C@H](CO[Si](C)(C)C(C)(C)C)C(=O)C1. The predicted molar refractivity (Wildman–Crippen MR) is 95.7 cm³/mol. The number of carbonyl (C=O) groups is 2. The molecule has 0 aromatic rings. The van der Waals surface area contributed by atoms with E-state index in [9.17, 15) is 9.59 Å². The summed E-state index contributed by atoms with van der Waals surface area (Å²) in [5.41, 5.74) is -0.566. The zero-order valence-electron chi connectivity index (χ0n) is 16.3. The van der Waals surface area contributed by atoms with Crippen molar-refractivity contribution in [3.63, 3.8) is 0 Å². The van der Waals surface area contributed by atoms with Crippen LogP contribution in [0.4, 0.5) is 4.79 Å². The molecule has 1 fully saturated rings. The second kappa shape index (κ2) is 7.54. The average molecular weight is 360 g/mol. The molecule has 0 spiro atoms. The molecular formula is C17H33NO5Si. The van der Waals surface area contributed by atoms with Crippen molar-refractivity contribution in [2.45, 2.75) is 83.8 Å². The fourth-order valence-electron chi connectivity index (χ4n) is 1.97. The summed E-state index contributed by atoms with van der Waals surface area (Å²) in [5, 5.41) is 2.77. The number of amides is 1. The summed E-state index contributed by atoms with van der Waals surface area (Å²) in [6, 6.07) is -0.350. The lowest BCUT2D eigenvalue weighted by Crippen LogP contribution is -2.51. The van der Waals surface area contributed by atoms with Gasteiger partial charge in [-0.1, -0.05) is 20.8 Å². The standard InChI is InChI=1S/C17H33NO5Si/c1-16(2,3)23-15(20)18-12-9-13(19)14(21-10-12)11-22-24(7,8)17(4,5)6/h12,14H,9-11H2,1-8H3,(H,18,20)/t12-,14-/m1/s1. The van der Waals surface area contributed by atoms with E-state index in [1.54, 1.807) is 20.8 Å². The fraction of sp³-hybridized carbons (Fsp3) is 0.882. The average Bonchev–Trinajstić information content (AvgIpc) is 2.33. The van der Waals surface area contributed by atoms with Gasteiger partial charge in [0.15, 0.2) is 14.1 Å². The van der Waals surface area contributed by atoms with Crippen LogP contribution in [0.25, 0.3) is 0 Å². The van der Waals surface area contributed by atoms with Gasteiger partial charge < -0.3 is 19.2 Å². The number of ketones is 1. The van der Waals surface area contributed by atoms with E-state index in [0.717, 1.165) is 0 Å². The second-order valence-corrected chi connectivity index (χ2v) is 13.7. The highest BCUT2D eigenvalue weighted by molar-refractivity contribution is 6.74. The minimum absolute atomic E-state index is 0.0407. The minimum atomic E-state index is -1.91. The van der Waals surface area contributed by atoms with Gasteiger partial charge in [0.2, 0.25) is 0 Å². The van der Waals surface area contributed by atoms with E-state index in [1.807, 2.05) is 0 Å². The number of hydrogen-bond acceptors (Lipinski definition) is 5. The van der Waals surface area contributed by atoms with E-state index in [0.29, 0.717) is 0 Å². The lowest BCUT2D eigenvalue weighted by molar-refractivity contribution is -0.139. The topological polar surface area (TPSA) is 73.9 Å². The van der Waals surface area contributed by atoms with E-state index in [2.05, 4.69) is 39.2 Å². The Morgan fingerprint density at radius 2 is 1.83 bits per heavy atom. The first-order valence-corrected chi connectivity index (χ1v) is 11.4. The van der Waals surface area contributed by atoms with Gasteiger partial charge in [0.1, 0.15) is 11.7 Å². The molecule has 1 aliphatic heterocycles. The molecule has 0 unspecified atom stereocenters. The van der Waals surface area contributed by atoms with E-state index >= 15 is 0 Å². The molecule has 7 heteroatoms. The molecule has 1 rings (SSSR count). The third kappa shape index (κ3) is 6.53. The number of nitrogens with one attached hydrogen (secondary N) is 1. The third-order valence-electron chi connectivity index (χ3n) is 4.43. The van der Waals surface area contributed by atoms with E-state index in [4.69, 9.17) is 13.9 Å². The molecule has 1 saturated heterocycles. The van der Waals surface area contributed by atoms with Crippen molar-refractivity contribution in [1.82, 2.24) is 5.32 Å². The summed E-state index contributed by atoms with van der Waals surface area (Å²) >= 11 is 0. The predicted octanol–water partition coefficient (Wildman–Crippen LogP) is 3.26. The van der Waals surface area contributed by atoms with Gasteiger partial charge in [-0.15, -0.1) is 0 Å². The monoisotopic (exact) mass is 359 g/mol. The van der Waals surface area contributed by atoms with E-state index in [-0.39, 0.29) is 36.5 Å². The molecule has 1 amide bonds. The smallest absolute Gasteiger partial charge is 0.407 e. The Labute approximate surface area is 146 Å². The maximum Gasteiger partial charge on any atom is 0.407 e. The molecule has 1 aliphatic rings. The highest BCUT2D eigenvalue weighted by Crippen LogP contribution is 2.36. The molecule has 0 radical (unpaired) electrons. The summed E-state index contributed by atoms with van der Waals surface area (Å²) in [5.74, 6) is -0.0407. The Morgan fingerprint density at radius 1 is 1.25 bits per heavy atom. The van der Waals surface area contributed by atoms with Crippen LogP contribution >= 0.6 is 0 Å². The van der Waals surface area contributed by atoms with Gasteiger partial charge in [0.25, 0.3) is 0 Å². The quantitative estimate of drug-likeness (QED) is 0.780. The summed E-state index contributed by atoms with van der Waals surface area (Å²) in [7, 11) is -1.91. The van der Waals surface area contributed by atoms with Gasteiger partial charge in [-0.25, -0.2) is 4.79 Å². The lowest BCUT2D eigenvalue weighted by atomic mass is 10.0. The Balaban J connectivity index is 2.47. The number of carbonyl (C=O) groups excluding carboxylic acids is 2. The summed E-state index contributed by atoms with van der Waals surface area (Å²) in [4.78, 5) is 24.0. The molecule has 0 aromatic carbocycles. The van der Waals surface area contributed by atoms with Gasteiger partial charge in [-0.3, -0.25) is 4.79 Å². The van der Waals surface area contributed by atoms with Gasteiger partial charge >= 0.3 is 6.09 Å².